The molecule has 21 heavy (non-hydrogen) atoms. The van der Waals surface area contributed by atoms with E-state index in [1.165, 1.54) is 0 Å². The smallest absolute Gasteiger partial charge is 0.313 e. The first-order chi connectivity index (χ1) is 9.39. The minimum atomic E-state index is -3.99. The van der Waals surface area contributed by atoms with Crippen molar-refractivity contribution in [1.82, 2.24) is 0 Å². The average Bonchev–Trinajstić information content (AvgIpc) is 2.24. The van der Waals surface area contributed by atoms with Crippen LogP contribution in [-0.4, -0.2) is 61.9 Å². The van der Waals surface area contributed by atoms with E-state index in [-0.39, 0.29) is 6.54 Å². The molecule has 0 aliphatic rings. The molecule has 0 radical (unpaired) electrons. The van der Waals surface area contributed by atoms with Gasteiger partial charge in [-0.1, -0.05) is 4.85 Å². The molecule has 0 aliphatic heterocycles. The third-order valence-electron chi connectivity index (χ3n) is 1.95. The molecule has 0 saturated heterocycles. The predicted molar refractivity (Wildman–Crippen MR) is 80.9 cm³/mol. The molecule has 1 N–H and O–H groups in total. The Morgan fingerprint density at radius 2 is 1.86 bits per heavy atom. The van der Waals surface area contributed by atoms with Gasteiger partial charge in [0.15, 0.2) is 30.7 Å². The van der Waals surface area contributed by atoms with Gasteiger partial charge in [0.05, 0.1) is 10.8 Å². The summed E-state index contributed by atoms with van der Waals surface area (Å²) in [7, 11) is -7.93. The zero-order valence-electron chi connectivity index (χ0n) is 11.7. The largest absolute Gasteiger partial charge is 0.481 e. The number of aliphatic carboxylic acids is 1. The first kappa shape index (κ1) is 20.2. The second-order valence-corrected chi connectivity index (χ2v) is 10.6. The topological polar surface area (TPSA) is 119 Å². The summed E-state index contributed by atoms with van der Waals surface area (Å²) in [5, 5.41) is 6.72. The molecule has 8 nitrogen and oxygen atoms in total. The molecule has 0 aromatic carbocycles. The van der Waals surface area contributed by atoms with E-state index in [2.05, 4.69) is 4.85 Å². The van der Waals surface area contributed by atoms with Crippen molar-refractivity contribution < 1.29 is 31.5 Å². The van der Waals surface area contributed by atoms with Crippen LogP contribution >= 0.6 is 11.8 Å². The Kier molecular flexibility index (Phi) is 7.66. The lowest BCUT2D eigenvalue weighted by atomic mass is 10.1. The van der Waals surface area contributed by atoms with E-state index in [4.69, 9.17) is 16.4 Å². The van der Waals surface area contributed by atoms with Gasteiger partial charge >= 0.3 is 5.97 Å². The summed E-state index contributed by atoms with van der Waals surface area (Å²) in [6.45, 7) is 8.17. The second kappa shape index (κ2) is 7.98. The molecule has 0 bridgehead atoms. The fourth-order valence-corrected chi connectivity index (χ4v) is 6.48. The van der Waals surface area contributed by atoms with Gasteiger partial charge in [-0.05, 0) is 13.8 Å². The summed E-state index contributed by atoms with van der Waals surface area (Å²) in [5.74, 6) is -2.37. The fraction of sp³-hybridized carbons (Fsp3) is 0.800. The second-order valence-electron chi connectivity index (χ2n) is 4.83. The van der Waals surface area contributed by atoms with E-state index >= 15 is 0 Å². The maximum Gasteiger partial charge on any atom is 0.313 e. The number of hydrogen-bond acceptors (Lipinski definition) is 7. The van der Waals surface area contributed by atoms with Crippen molar-refractivity contribution in [2.24, 2.45) is 0 Å². The minimum absolute atomic E-state index is 0.0593. The number of carboxylic acid groups (broad SMARTS) is 1. The van der Waals surface area contributed by atoms with Gasteiger partial charge in [-0.25, -0.2) is 16.8 Å². The van der Waals surface area contributed by atoms with Crippen LogP contribution in [0.1, 0.15) is 13.8 Å². The highest BCUT2D eigenvalue weighted by molar-refractivity contribution is 8.17. The fourth-order valence-electron chi connectivity index (χ4n) is 1.11. The molecule has 0 rings (SSSR count). The highest BCUT2D eigenvalue weighted by atomic mass is 32.3. The molecule has 122 valence electrons. The lowest BCUT2D eigenvalue weighted by molar-refractivity contribution is -0.133. The molecule has 0 heterocycles. The van der Waals surface area contributed by atoms with Crippen LogP contribution in [0.25, 0.3) is 4.85 Å². The van der Waals surface area contributed by atoms with Crippen molar-refractivity contribution in [3.05, 3.63) is 4.85 Å². The summed E-state index contributed by atoms with van der Waals surface area (Å²) < 4.78 is 51.7. The molecular formula is C10H18NO7S3+. The van der Waals surface area contributed by atoms with Gasteiger partial charge in [-0.3, -0.25) is 4.79 Å². The van der Waals surface area contributed by atoms with E-state index in [1.807, 2.05) is 0 Å². The molecule has 0 spiro atoms. The number of rotatable bonds is 10. The van der Waals surface area contributed by atoms with Crippen LogP contribution in [0.4, 0.5) is 0 Å². The van der Waals surface area contributed by atoms with Crippen LogP contribution in [0.2, 0.25) is 0 Å². The van der Waals surface area contributed by atoms with E-state index in [1.54, 1.807) is 13.8 Å². The Morgan fingerprint density at radius 3 is 2.33 bits per heavy atom. The third kappa shape index (κ3) is 10.5. The van der Waals surface area contributed by atoms with Crippen LogP contribution in [0.5, 0.6) is 0 Å². The van der Waals surface area contributed by atoms with Crippen LogP contribution in [0, 0.1) is 6.57 Å². The Bertz CT molecular complexity index is 601. The zero-order valence-corrected chi connectivity index (χ0v) is 14.1. The zero-order chi connectivity index (χ0) is 16.7. The Balaban J connectivity index is 4.53. The average molecular weight is 360 g/mol. The highest BCUT2D eigenvalue weighted by Gasteiger charge is 2.29. The van der Waals surface area contributed by atoms with E-state index < -0.39 is 53.1 Å². The highest BCUT2D eigenvalue weighted by Crippen LogP contribution is 2.13. The van der Waals surface area contributed by atoms with Gasteiger partial charge in [-0.2, -0.15) is 0 Å². The van der Waals surface area contributed by atoms with Crippen molar-refractivity contribution in [2.45, 2.75) is 19.4 Å². The van der Waals surface area contributed by atoms with Gasteiger partial charge in [-0.15, -0.1) is 11.8 Å². The van der Waals surface area contributed by atoms with Crippen LogP contribution in [-0.2, 0) is 29.2 Å². The summed E-state index contributed by atoms with van der Waals surface area (Å²) in [6.07, 6.45) is 0. The van der Waals surface area contributed by atoms with E-state index in [0.717, 1.165) is 0 Å². The lowest BCUT2D eigenvalue weighted by Crippen LogP contribution is -2.32. The maximum absolute atomic E-state index is 11.7. The number of nitrogens with zero attached hydrogens (tertiary/aromatic N) is 1. The molecule has 0 amide bonds. The molecular weight excluding hydrogens is 342 g/mol. The third-order valence-corrected chi connectivity index (χ3v) is 7.85. The van der Waals surface area contributed by atoms with Crippen LogP contribution < -0.4 is 0 Å². The number of ether oxygens (including phenoxy) is 1. The van der Waals surface area contributed by atoms with Crippen LogP contribution in [0.15, 0.2) is 0 Å². The number of sulfone groups is 2. The van der Waals surface area contributed by atoms with Crippen molar-refractivity contribution in [1.29, 1.82) is 0 Å². The minimum Gasteiger partial charge on any atom is -0.481 e. The van der Waals surface area contributed by atoms with Crippen molar-refractivity contribution in [3.63, 3.8) is 0 Å². The first-order valence-corrected chi connectivity index (χ1v) is 10.4. The standard InChI is InChI=1S/C10H17NO7S3/c1-10(2,5-11-3)18-6-20(14,15)8-21(16,17)7-19-4-9(12)13/h3H,4-8H2,1-2H3/p+1. The molecule has 11 heteroatoms. The molecule has 0 aromatic heterocycles. The Hall–Kier alpha value is -0.830. The van der Waals surface area contributed by atoms with Crippen molar-refractivity contribution >= 4 is 37.4 Å². The molecule has 0 aromatic rings. The van der Waals surface area contributed by atoms with Gasteiger partial charge in [0.2, 0.25) is 0 Å². The van der Waals surface area contributed by atoms with Gasteiger partial charge < -0.3 is 9.84 Å². The Morgan fingerprint density at radius 1 is 1.29 bits per heavy atom. The van der Waals surface area contributed by atoms with Gasteiger partial charge in [0, 0.05) is 0 Å². The quantitative estimate of drug-likeness (QED) is 0.589. The van der Waals surface area contributed by atoms with Crippen molar-refractivity contribution in [2.75, 3.05) is 28.4 Å². The molecule has 0 saturated carbocycles. The van der Waals surface area contributed by atoms with E-state index in [0.29, 0.717) is 11.8 Å². The molecule has 0 fully saturated rings. The number of carbonyl (C=O) groups is 1. The number of thioether (sulfide) groups is 1. The number of carboxylic acids is 1. The SMILES string of the molecule is C#[N+]CC(C)(C)OCS(=O)(=O)CS(=O)(=O)CSCC(=O)O. The summed E-state index contributed by atoms with van der Waals surface area (Å²) >= 11 is 0.616. The normalized spacial score (nSPS) is 12.8. The summed E-state index contributed by atoms with van der Waals surface area (Å²) in [5.41, 5.74) is -0.927. The monoisotopic (exact) mass is 360 g/mol. The van der Waals surface area contributed by atoms with Gasteiger partial charge in [0.25, 0.3) is 13.1 Å². The van der Waals surface area contributed by atoms with E-state index in [9.17, 15) is 21.6 Å². The summed E-state index contributed by atoms with van der Waals surface area (Å²) in [4.78, 5) is 13.6. The Labute approximate surface area is 128 Å². The van der Waals surface area contributed by atoms with Crippen molar-refractivity contribution in [3.8, 4) is 6.57 Å². The maximum atomic E-state index is 11.7. The first-order valence-electron chi connectivity index (χ1n) is 5.60. The van der Waals surface area contributed by atoms with Gasteiger partial charge in [0.1, 0.15) is 5.60 Å². The summed E-state index contributed by atoms with van der Waals surface area (Å²) in [6, 6.07) is 0. The number of hydrogen-bond donors (Lipinski definition) is 1. The molecule has 0 unspecified atom stereocenters. The lowest BCUT2D eigenvalue weighted by Gasteiger charge is -2.17. The molecule has 0 atom stereocenters. The predicted octanol–water partition coefficient (Wildman–Crippen LogP) is 0.264. The molecule has 0 aliphatic carbocycles. The van der Waals surface area contributed by atoms with Crippen LogP contribution in [0.3, 0.4) is 0 Å².